The third-order valence-electron chi connectivity index (χ3n) is 4.86. The maximum absolute atomic E-state index is 4.87. The van der Waals surface area contributed by atoms with Crippen molar-refractivity contribution in [2.45, 2.75) is 44.2 Å². The fourth-order valence-corrected chi connectivity index (χ4v) is 3.68. The van der Waals surface area contributed by atoms with Gasteiger partial charge in [0.25, 0.3) is 0 Å². The maximum atomic E-state index is 4.87. The summed E-state index contributed by atoms with van der Waals surface area (Å²) in [5.74, 6) is 1.84. The van der Waals surface area contributed by atoms with E-state index < -0.39 is 0 Å². The van der Waals surface area contributed by atoms with Crippen molar-refractivity contribution >= 4 is 17.3 Å². The van der Waals surface area contributed by atoms with Crippen molar-refractivity contribution in [3.8, 4) is 0 Å². The largest absolute Gasteiger partial charge is 0.368 e. The summed E-state index contributed by atoms with van der Waals surface area (Å²) < 4.78 is 1.83. The molecule has 1 aromatic carbocycles. The molecule has 23 heavy (non-hydrogen) atoms. The number of benzene rings is 1. The van der Waals surface area contributed by atoms with Crippen LogP contribution in [0.15, 0.2) is 41.5 Å². The van der Waals surface area contributed by atoms with Crippen LogP contribution in [0.4, 0.5) is 11.5 Å². The molecule has 1 fully saturated rings. The van der Waals surface area contributed by atoms with Crippen LogP contribution in [0.25, 0.3) is 0 Å². The van der Waals surface area contributed by atoms with Crippen LogP contribution in [0.3, 0.4) is 0 Å². The molecule has 0 saturated heterocycles. The highest BCUT2D eigenvalue weighted by Gasteiger charge is 2.41. The summed E-state index contributed by atoms with van der Waals surface area (Å²) >= 11 is 0. The molecule has 0 atom stereocenters. The van der Waals surface area contributed by atoms with Crippen molar-refractivity contribution in [1.29, 1.82) is 0 Å². The summed E-state index contributed by atoms with van der Waals surface area (Å²) in [7, 11) is 1.94. The van der Waals surface area contributed by atoms with Crippen LogP contribution in [-0.4, -0.2) is 21.2 Å². The molecule has 1 aliphatic heterocycles. The third-order valence-corrected chi connectivity index (χ3v) is 4.86. The first-order valence-corrected chi connectivity index (χ1v) is 8.44. The lowest BCUT2D eigenvalue weighted by Gasteiger charge is -2.41. The zero-order chi connectivity index (χ0) is 15.7. The van der Waals surface area contributed by atoms with Crippen LogP contribution >= 0.6 is 0 Å². The Bertz CT molecular complexity index is 710. The van der Waals surface area contributed by atoms with Gasteiger partial charge in [-0.1, -0.05) is 49.6 Å². The quantitative estimate of drug-likeness (QED) is 0.894. The monoisotopic (exact) mass is 309 g/mol. The number of aromatic nitrogens is 2. The fraction of sp³-hybridized carbons (Fsp3) is 0.444. The van der Waals surface area contributed by atoms with Crippen LogP contribution in [0, 0.1) is 0 Å². The van der Waals surface area contributed by atoms with Gasteiger partial charge in [0.15, 0.2) is 5.82 Å². The molecule has 2 aromatic rings. The Hall–Kier alpha value is -2.30. The maximum Gasteiger partial charge on any atom is 0.199 e. The molecule has 2 N–H and O–H groups in total. The van der Waals surface area contributed by atoms with E-state index in [2.05, 4.69) is 40.0 Å². The molecular formula is C18H23N5. The van der Waals surface area contributed by atoms with Crippen LogP contribution in [0.5, 0.6) is 0 Å². The van der Waals surface area contributed by atoms with Gasteiger partial charge < -0.3 is 10.6 Å². The number of nitrogens with one attached hydrogen (secondary N) is 2. The lowest BCUT2D eigenvalue weighted by atomic mass is 9.79. The third kappa shape index (κ3) is 2.71. The first kappa shape index (κ1) is 14.3. The zero-order valence-corrected chi connectivity index (χ0v) is 13.5. The number of hydrogen-bond donors (Lipinski definition) is 2. The van der Waals surface area contributed by atoms with E-state index in [4.69, 9.17) is 4.99 Å². The summed E-state index contributed by atoms with van der Waals surface area (Å²) in [6, 6.07) is 10.5. The molecule has 1 spiro atoms. The van der Waals surface area contributed by atoms with Crippen LogP contribution in [0.1, 0.15) is 37.7 Å². The second kappa shape index (κ2) is 5.72. The SMILES string of the molecule is Cn1cc2c(n1)N=C(NCc1ccccc1)C1(CCCCC1)N2. The second-order valence-electron chi connectivity index (χ2n) is 6.61. The zero-order valence-electron chi connectivity index (χ0n) is 13.5. The number of aliphatic imine (C=N–C) groups is 1. The smallest absolute Gasteiger partial charge is 0.199 e. The van der Waals surface area contributed by atoms with E-state index in [1.165, 1.54) is 24.8 Å². The topological polar surface area (TPSA) is 54.2 Å². The van der Waals surface area contributed by atoms with Gasteiger partial charge in [0.05, 0.1) is 11.7 Å². The first-order valence-electron chi connectivity index (χ1n) is 8.44. The molecule has 4 rings (SSSR count). The van der Waals surface area contributed by atoms with Gasteiger partial charge in [-0.15, -0.1) is 0 Å². The van der Waals surface area contributed by atoms with Crippen LogP contribution in [0.2, 0.25) is 0 Å². The molecule has 0 radical (unpaired) electrons. The van der Waals surface area contributed by atoms with Gasteiger partial charge >= 0.3 is 0 Å². The number of nitrogens with zero attached hydrogens (tertiary/aromatic N) is 3. The summed E-state index contributed by atoms with van der Waals surface area (Å²) in [6.45, 7) is 0.797. The molecule has 2 heterocycles. The molecule has 0 amide bonds. The van der Waals surface area contributed by atoms with Gasteiger partial charge in [-0.3, -0.25) is 4.68 Å². The molecule has 0 unspecified atom stereocenters. The van der Waals surface area contributed by atoms with Gasteiger partial charge in [0, 0.05) is 13.6 Å². The summed E-state index contributed by atoms with van der Waals surface area (Å²) in [5, 5.41) is 11.8. The predicted octanol–water partition coefficient (Wildman–Crippen LogP) is 3.37. The normalized spacial score (nSPS) is 18.9. The van der Waals surface area contributed by atoms with E-state index in [1.807, 2.05) is 24.0 Å². The predicted molar refractivity (Wildman–Crippen MR) is 93.0 cm³/mol. The molecule has 1 aliphatic carbocycles. The second-order valence-corrected chi connectivity index (χ2v) is 6.61. The Morgan fingerprint density at radius 2 is 1.96 bits per heavy atom. The number of aryl methyl sites for hydroxylation is 1. The minimum atomic E-state index is -0.0525. The van der Waals surface area contributed by atoms with Crippen molar-refractivity contribution in [3.05, 3.63) is 42.1 Å². The summed E-state index contributed by atoms with van der Waals surface area (Å²) in [6.07, 6.45) is 8.09. The van der Waals surface area contributed by atoms with Crippen molar-refractivity contribution < 1.29 is 0 Å². The first-order chi connectivity index (χ1) is 11.3. The van der Waals surface area contributed by atoms with E-state index in [0.29, 0.717) is 0 Å². The average Bonchev–Trinajstić information content (AvgIpc) is 2.93. The highest BCUT2D eigenvalue weighted by molar-refractivity contribution is 5.99. The van der Waals surface area contributed by atoms with Gasteiger partial charge in [-0.2, -0.15) is 5.10 Å². The van der Waals surface area contributed by atoms with Gasteiger partial charge in [0.2, 0.25) is 0 Å². The van der Waals surface area contributed by atoms with E-state index in [9.17, 15) is 0 Å². The Kier molecular flexibility index (Phi) is 3.56. The Morgan fingerprint density at radius 1 is 1.17 bits per heavy atom. The fourth-order valence-electron chi connectivity index (χ4n) is 3.68. The minimum absolute atomic E-state index is 0.0525. The van der Waals surface area contributed by atoms with Crippen molar-refractivity contribution in [2.24, 2.45) is 12.0 Å². The lowest BCUT2D eigenvalue weighted by molar-refractivity contribution is 0.396. The molecule has 5 heteroatoms. The molecule has 1 aromatic heterocycles. The highest BCUT2D eigenvalue weighted by Crippen LogP contribution is 2.39. The number of amidine groups is 1. The number of fused-ring (bicyclic) bond motifs is 1. The van der Waals surface area contributed by atoms with Crippen LogP contribution < -0.4 is 10.6 Å². The molecule has 5 nitrogen and oxygen atoms in total. The van der Waals surface area contributed by atoms with Gasteiger partial charge in [-0.05, 0) is 18.4 Å². The molecule has 0 bridgehead atoms. The lowest BCUT2D eigenvalue weighted by Crippen LogP contribution is -2.54. The van der Waals surface area contributed by atoms with E-state index >= 15 is 0 Å². The van der Waals surface area contributed by atoms with Gasteiger partial charge in [-0.25, -0.2) is 4.99 Å². The Balaban J connectivity index is 1.63. The standard InChI is InChI=1S/C18H23N5/c1-23-13-15-16(22-23)20-17(18(21-15)10-6-3-7-11-18)19-12-14-8-4-2-5-9-14/h2,4-5,8-9,13,21H,3,6-7,10-12H2,1H3,(H,19,20,22). The van der Waals surface area contributed by atoms with E-state index in [1.54, 1.807) is 0 Å². The summed E-state index contributed by atoms with van der Waals surface area (Å²) in [5.41, 5.74) is 2.27. The molecular weight excluding hydrogens is 286 g/mol. The molecule has 2 aliphatic rings. The number of anilines is 1. The average molecular weight is 309 g/mol. The van der Waals surface area contributed by atoms with E-state index in [0.717, 1.165) is 36.7 Å². The molecule has 120 valence electrons. The number of hydrogen-bond acceptors (Lipinski definition) is 4. The van der Waals surface area contributed by atoms with Crippen molar-refractivity contribution in [2.75, 3.05) is 5.32 Å². The van der Waals surface area contributed by atoms with Crippen molar-refractivity contribution in [3.63, 3.8) is 0 Å². The highest BCUT2D eigenvalue weighted by atomic mass is 15.3. The Labute approximate surface area is 136 Å². The van der Waals surface area contributed by atoms with Crippen molar-refractivity contribution in [1.82, 2.24) is 15.1 Å². The molecule has 1 saturated carbocycles. The Morgan fingerprint density at radius 3 is 2.74 bits per heavy atom. The minimum Gasteiger partial charge on any atom is -0.368 e. The van der Waals surface area contributed by atoms with Gasteiger partial charge in [0.1, 0.15) is 11.5 Å². The number of rotatable bonds is 2. The summed E-state index contributed by atoms with van der Waals surface area (Å²) in [4.78, 5) is 4.87. The van der Waals surface area contributed by atoms with Crippen LogP contribution in [-0.2, 0) is 13.6 Å². The van der Waals surface area contributed by atoms with E-state index in [-0.39, 0.29) is 5.54 Å².